The summed E-state index contributed by atoms with van der Waals surface area (Å²) in [6, 6.07) is 7.06. The second-order valence-corrected chi connectivity index (χ2v) is 4.79. The van der Waals surface area contributed by atoms with E-state index in [4.69, 9.17) is 0 Å². The minimum atomic E-state index is -0.0728. The Labute approximate surface area is 115 Å². The molecule has 1 amide bonds. The number of nitrogens with one attached hydrogen (secondary N) is 1. The lowest BCUT2D eigenvalue weighted by atomic mass is 10.1. The predicted octanol–water partition coefficient (Wildman–Crippen LogP) is 0.464. The fraction of sp³-hybridized carbons (Fsp3) is 0.385. The number of aromatic nitrogens is 4. The average molecular weight is 273 g/mol. The zero-order chi connectivity index (χ0) is 13.9. The number of rotatable bonds is 3. The molecule has 2 aromatic rings. The lowest BCUT2D eigenvalue weighted by Crippen LogP contribution is -2.37. The second kappa shape index (κ2) is 5.38. The number of aliphatic hydroxyl groups is 1. The van der Waals surface area contributed by atoms with Crippen molar-refractivity contribution in [3.8, 4) is 11.4 Å². The fourth-order valence-corrected chi connectivity index (χ4v) is 2.53. The number of carbonyl (C=O) groups excluding carboxylic acids is 1. The van der Waals surface area contributed by atoms with E-state index in [1.807, 2.05) is 6.07 Å². The van der Waals surface area contributed by atoms with Crippen LogP contribution in [0, 0.1) is 0 Å². The Bertz CT molecular complexity index is 599. The van der Waals surface area contributed by atoms with Crippen LogP contribution in [0.1, 0.15) is 23.2 Å². The number of hydrogen-bond donors (Lipinski definition) is 2. The summed E-state index contributed by atoms with van der Waals surface area (Å²) < 4.78 is 0. The standard InChI is InChI=1S/C13H15N5O2/c19-8-11-5-2-6-18(11)13(20)10-4-1-3-9(7-10)12-14-16-17-15-12/h1,3-4,7,11,19H,2,5-6,8H2,(H,14,15,16,17)/t11-/m1/s1. The zero-order valence-corrected chi connectivity index (χ0v) is 10.9. The molecule has 104 valence electrons. The molecule has 7 heteroatoms. The molecule has 1 aliphatic heterocycles. The Kier molecular flexibility index (Phi) is 3.42. The van der Waals surface area contributed by atoms with Crippen molar-refractivity contribution in [2.75, 3.05) is 13.2 Å². The van der Waals surface area contributed by atoms with Crippen LogP contribution in [0.3, 0.4) is 0 Å². The Hall–Kier alpha value is -2.28. The molecule has 1 atom stereocenters. The van der Waals surface area contributed by atoms with Gasteiger partial charge in [-0.1, -0.05) is 12.1 Å². The Morgan fingerprint density at radius 3 is 3.15 bits per heavy atom. The molecule has 0 unspecified atom stereocenters. The van der Waals surface area contributed by atoms with E-state index in [0.717, 1.165) is 18.4 Å². The molecule has 0 radical (unpaired) electrons. The SMILES string of the molecule is O=C(c1cccc(-c2nn[nH]n2)c1)N1CCC[C@@H]1CO. The van der Waals surface area contributed by atoms with Crippen molar-refractivity contribution in [2.24, 2.45) is 0 Å². The molecule has 2 heterocycles. The molecule has 1 aliphatic rings. The quantitative estimate of drug-likeness (QED) is 0.847. The van der Waals surface area contributed by atoms with E-state index in [0.29, 0.717) is 17.9 Å². The summed E-state index contributed by atoms with van der Waals surface area (Å²) in [5, 5.41) is 23.0. The van der Waals surface area contributed by atoms with E-state index in [1.54, 1.807) is 23.1 Å². The third-order valence-corrected chi connectivity index (χ3v) is 3.56. The maximum atomic E-state index is 12.5. The number of nitrogens with zero attached hydrogens (tertiary/aromatic N) is 4. The molecule has 3 rings (SSSR count). The van der Waals surface area contributed by atoms with Gasteiger partial charge < -0.3 is 10.0 Å². The summed E-state index contributed by atoms with van der Waals surface area (Å²) >= 11 is 0. The highest BCUT2D eigenvalue weighted by atomic mass is 16.3. The lowest BCUT2D eigenvalue weighted by Gasteiger charge is -2.23. The molecule has 20 heavy (non-hydrogen) atoms. The first-order chi connectivity index (χ1) is 9.79. The molecule has 1 fully saturated rings. The van der Waals surface area contributed by atoms with Crippen LogP contribution in [0.15, 0.2) is 24.3 Å². The molecule has 2 N–H and O–H groups in total. The van der Waals surface area contributed by atoms with Crippen molar-refractivity contribution < 1.29 is 9.90 Å². The molecule has 0 saturated carbocycles. The lowest BCUT2D eigenvalue weighted by molar-refractivity contribution is 0.0677. The topological polar surface area (TPSA) is 95.0 Å². The van der Waals surface area contributed by atoms with Crippen molar-refractivity contribution in [1.82, 2.24) is 25.5 Å². The molecule has 7 nitrogen and oxygen atoms in total. The van der Waals surface area contributed by atoms with E-state index >= 15 is 0 Å². The largest absolute Gasteiger partial charge is 0.394 e. The Morgan fingerprint density at radius 2 is 2.40 bits per heavy atom. The average Bonchev–Trinajstić information content (AvgIpc) is 3.17. The summed E-state index contributed by atoms with van der Waals surface area (Å²) in [5.74, 6) is 0.395. The second-order valence-electron chi connectivity index (χ2n) is 4.79. The third-order valence-electron chi connectivity index (χ3n) is 3.56. The first-order valence-electron chi connectivity index (χ1n) is 6.55. The van der Waals surface area contributed by atoms with Gasteiger partial charge in [0.05, 0.1) is 12.6 Å². The summed E-state index contributed by atoms with van der Waals surface area (Å²) in [6.45, 7) is 0.701. The number of hydrogen-bond acceptors (Lipinski definition) is 5. The maximum absolute atomic E-state index is 12.5. The smallest absolute Gasteiger partial charge is 0.254 e. The monoisotopic (exact) mass is 273 g/mol. The van der Waals surface area contributed by atoms with Gasteiger partial charge in [0.25, 0.3) is 5.91 Å². The van der Waals surface area contributed by atoms with Crippen LogP contribution in [-0.4, -0.2) is 55.7 Å². The van der Waals surface area contributed by atoms with Crippen LogP contribution in [0.25, 0.3) is 11.4 Å². The summed E-state index contributed by atoms with van der Waals surface area (Å²) in [4.78, 5) is 14.2. The number of carbonyl (C=O) groups is 1. The number of benzene rings is 1. The number of likely N-dealkylation sites (tertiary alicyclic amines) is 1. The van der Waals surface area contributed by atoms with Crippen LogP contribution < -0.4 is 0 Å². The molecule has 0 aliphatic carbocycles. The van der Waals surface area contributed by atoms with E-state index in [1.165, 1.54) is 0 Å². The number of aliphatic hydroxyl groups excluding tert-OH is 1. The van der Waals surface area contributed by atoms with E-state index < -0.39 is 0 Å². The van der Waals surface area contributed by atoms with Crippen molar-refractivity contribution >= 4 is 5.91 Å². The van der Waals surface area contributed by atoms with Gasteiger partial charge in [0.2, 0.25) is 5.82 Å². The summed E-state index contributed by atoms with van der Waals surface area (Å²) in [5.41, 5.74) is 1.32. The van der Waals surface area contributed by atoms with Crippen LogP contribution in [0.5, 0.6) is 0 Å². The van der Waals surface area contributed by atoms with Gasteiger partial charge in [-0.15, -0.1) is 10.2 Å². The highest BCUT2D eigenvalue weighted by molar-refractivity contribution is 5.95. The van der Waals surface area contributed by atoms with Crippen molar-refractivity contribution in [1.29, 1.82) is 0 Å². The van der Waals surface area contributed by atoms with Crippen LogP contribution in [0.2, 0.25) is 0 Å². The minimum absolute atomic E-state index is 0.0102. The summed E-state index contributed by atoms with van der Waals surface area (Å²) in [7, 11) is 0. The third kappa shape index (κ3) is 2.27. The number of aromatic amines is 1. The van der Waals surface area contributed by atoms with Crippen molar-refractivity contribution in [2.45, 2.75) is 18.9 Å². The van der Waals surface area contributed by atoms with Crippen molar-refractivity contribution in [3.05, 3.63) is 29.8 Å². The fourth-order valence-electron chi connectivity index (χ4n) is 2.53. The normalized spacial score (nSPS) is 18.4. The first-order valence-corrected chi connectivity index (χ1v) is 6.55. The van der Waals surface area contributed by atoms with Gasteiger partial charge in [-0.25, -0.2) is 0 Å². The van der Waals surface area contributed by atoms with Crippen LogP contribution >= 0.6 is 0 Å². The van der Waals surface area contributed by atoms with Crippen LogP contribution in [-0.2, 0) is 0 Å². The highest BCUT2D eigenvalue weighted by Gasteiger charge is 2.28. The number of tetrazole rings is 1. The van der Waals surface area contributed by atoms with Crippen molar-refractivity contribution in [3.63, 3.8) is 0 Å². The number of amides is 1. The Balaban J connectivity index is 1.87. The first kappa shape index (κ1) is 12.7. The van der Waals surface area contributed by atoms with Gasteiger partial charge >= 0.3 is 0 Å². The highest BCUT2D eigenvalue weighted by Crippen LogP contribution is 2.22. The molecule has 0 spiro atoms. The molecular formula is C13H15N5O2. The van der Waals surface area contributed by atoms with Gasteiger partial charge in [-0.2, -0.15) is 5.21 Å². The van der Waals surface area contributed by atoms with Gasteiger partial charge in [0.1, 0.15) is 0 Å². The minimum Gasteiger partial charge on any atom is -0.394 e. The maximum Gasteiger partial charge on any atom is 0.254 e. The summed E-state index contributed by atoms with van der Waals surface area (Å²) in [6.07, 6.45) is 1.79. The molecular weight excluding hydrogens is 258 g/mol. The van der Waals surface area contributed by atoms with Gasteiger partial charge in [0, 0.05) is 17.7 Å². The van der Waals surface area contributed by atoms with Crippen LogP contribution in [0.4, 0.5) is 0 Å². The van der Waals surface area contributed by atoms with E-state index in [-0.39, 0.29) is 18.6 Å². The Morgan fingerprint density at radius 1 is 1.50 bits per heavy atom. The molecule has 1 aromatic heterocycles. The molecule has 1 saturated heterocycles. The zero-order valence-electron chi connectivity index (χ0n) is 10.9. The molecule has 1 aromatic carbocycles. The van der Waals surface area contributed by atoms with Gasteiger partial charge in [-0.3, -0.25) is 4.79 Å². The van der Waals surface area contributed by atoms with E-state index in [2.05, 4.69) is 20.6 Å². The van der Waals surface area contributed by atoms with Gasteiger partial charge in [-0.05, 0) is 30.2 Å². The van der Waals surface area contributed by atoms with Gasteiger partial charge in [0.15, 0.2) is 0 Å². The number of H-pyrrole nitrogens is 1. The molecule has 0 bridgehead atoms. The van der Waals surface area contributed by atoms with E-state index in [9.17, 15) is 9.90 Å². The predicted molar refractivity (Wildman–Crippen MR) is 70.8 cm³/mol.